The van der Waals surface area contributed by atoms with E-state index >= 15 is 0 Å². The maximum atomic E-state index is 12.3. The molecule has 17 heavy (non-hydrogen) atoms. The highest BCUT2D eigenvalue weighted by Crippen LogP contribution is 2.28. The van der Waals surface area contributed by atoms with Crippen LogP contribution >= 0.6 is 0 Å². The van der Waals surface area contributed by atoms with E-state index < -0.39 is 0 Å². The number of hydrogen-bond acceptors (Lipinski definition) is 2. The summed E-state index contributed by atoms with van der Waals surface area (Å²) >= 11 is 0. The third-order valence-electron chi connectivity index (χ3n) is 3.73. The first-order chi connectivity index (χ1) is 8.20. The van der Waals surface area contributed by atoms with Crippen molar-refractivity contribution >= 4 is 11.8 Å². The van der Waals surface area contributed by atoms with Crippen LogP contribution in [-0.4, -0.2) is 46.8 Å². The van der Waals surface area contributed by atoms with E-state index in [1.165, 1.54) is 0 Å². The van der Waals surface area contributed by atoms with Crippen molar-refractivity contribution in [3.63, 3.8) is 0 Å². The Labute approximate surface area is 102 Å². The van der Waals surface area contributed by atoms with Crippen LogP contribution < -0.4 is 0 Å². The standard InChI is InChI=1S/C13H20N2O2/c1-3-5-8-14-10(4-2)12(16)15-9-6-7-11(15)13(14)17/h3,10-11H,1,4-9H2,2H3. The van der Waals surface area contributed by atoms with Gasteiger partial charge in [-0.2, -0.15) is 0 Å². The number of nitrogens with zero attached hydrogens (tertiary/aromatic N) is 2. The number of amides is 2. The molecule has 0 aromatic carbocycles. The summed E-state index contributed by atoms with van der Waals surface area (Å²) in [7, 11) is 0. The maximum absolute atomic E-state index is 12.3. The molecule has 2 rings (SSSR count). The summed E-state index contributed by atoms with van der Waals surface area (Å²) in [6, 6.07) is -0.438. The predicted molar refractivity (Wildman–Crippen MR) is 65.3 cm³/mol. The molecule has 4 heteroatoms. The monoisotopic (exact) mass is 236 g/mol. The minimum absolute atomic E-state index is 0.135. The molecule has 0 radical (unpaired) electrons. The van der Waals surface area contributed by atoms with Gasteiger partial charge < -0.3 is 9.80 Å². The molecule has 2 heterocycles. The van der Waals surface area contributed by atoms with Crippen LogP contribution in [0.3, 0.4) is 0 Å². The molecule has 94 valence electrons. The molecule has 4 nitrogen and oxygen atoms in total. The van der Waals surface area contributed by atoms with Gasteiger partial charge in [-0.05, 0) is 25.7 Å². The fourth-order valence-electron chi connectivity index (χ4n) is 2.85. The summed E-state index contributed by atoms with van der Waals surface area (Å²) in [5, 5.41) is 0. The number of rotatable bonds is 4. The lowest BCUT2D eigenvalue weighted by Crippen LogP contribution is -2.62. The van der Waals surface area contributed by atoms with Crippen molar-refractivity contribution in [1.82, 2.24) is 9.80 Å². The van der Waals surface area contributed by atoms with Crippen LogP contribution in [0.2, 0.25) is 0 Å². The average Bonchev–Trinajstić information content (AvgIpc) is 2.81. The van der Waals surface area contributed by atoms with Gasteiger partial charge in [0.15, 0.2) is 0 Å². The van der Waals surface area contributed by atoms with E-state index in [1.54, 1.807) is 15.9 Å². The zero-order valence-corrected chi connectivity index (χ0v) is 10.4. The Hall–Kier alpha value is -1.32. The van der Waals surface area contributed by atoms with Gasteiger partial charge in [-0.15, -0.1) is 6.58 Å². The third kappa shape index (κ3) is 1.96. The largest absolute Gasteiger partial charge is 0.329 e. The van der Waals surface area contributed by atoms with Gasteiger partial charge in [0.25, 0.3) is 0 Å². The maximum Gasteiger partial charge on any atom is 0.246 e. The molecule has 2 atom stereocenters. The van der Waals surface area contributed by atoms with Crippen LogP contribution in [0.15, 0.2) is 12.7 Å². The quantitative estimate of drug-likeness (QED) is 0.688. The Morgan fingerprint density at radius 3 is 2.82 bits per heavy atom. The van der Waals surface area contributed by atoms with Gasteiger partial charge in [0.05, 0.1) is 0 Å². The number of carbonyl (C=O) groups excluding carboxylic acids is 2. The zero-order chi connectivity index (χ0) is 12.4. The van der Waals surface area contributed by atoms with Crippen LogP contribution in [0, 0.1) is 0 Å². The Morgan fingerprint density at radius 2 is 2.18 bits per heavy atom. The third-order valence-corrected chi connectivity index (χ3v) is 3.73. The van der Waals surface area contributed by atoms with Gasteiger partial charge >= 0.3 is 0 Å². The first-order valence-electron chi connectivity index (χ1n) is 6.42. The van der Waals surface area contributed by atoms with E-state index in [9.17, 15) is 9.59 Å². The van der Waals surface area contributed by atoms with E-state index in [-0.39, 0.29) is 23.9 Å². The van der Waals surface area contributed by atoms with Crippen LogP contribution in [0.25, 0.3) is 0 Å². The Morgan fingerprint density at radius 1 is 1.41 bits per heavy atom. The van der Waals surface area contributed by atoms with Gasteiger partial charge in [0.2, 0.25) is 11.8 Å². The molecule has 0 aromatic heterocycles. The normalized spacial score (nSPS) is 28.5. The summed E-state index contributed by atoms with van der Waals surface area (Å²) in [5.74, 6) is 0.273. The van der Waals surface area contributed by atoms with E-state index in [2.05, 4.69) is 6.58 Å². The number of fused-ring (bicyclic) bond motifs is 1. The van der Waals surface area contributed by atoms with Crippen molar-refractivity contribution in [2.45, 2.75) is 44.7 Å². The lowest BCUT2D eigenvalue weighted by molar-refractivity contribution is -0.159. The van der Waals surface area contributed by atoms with Gasteiger partial charge in [0.1, 0.15) is 12.1 Å². The molecular weight excluding hydrogens is 216 g/mol. The van der Waals surface area contributed by atoms with Crippen LogP contribution in [0.1, 0.15) is 32.6 Å². The second kappa shape index (κ2) is 4.90. The van der Waals surface area contributed by atoms with Crippen molar-refractivity contribution in [1.29, 1.82) is 0 Å². The second-order valence-corrected chi connectivity index (χ2v) is 4.72. The summed E-state index contributed by atoms with van der Waals surface area (Å²) in [6.07, 6.45) is 5.03. The minimum Gasteiger partial charge on any atom is -0.329 e. The van der Waals surface area contributed by atoms with Crippen LogP contribution in [0.5, 0.6) is 0 Å². The SMILES string of the molecule is C=CCCN1C(=O)C2CCCN2C(=O)C1CC. The molecule has 0 spiro atoms. The smallest absolute Gasteiger partial charge is 0.246 e. The molecular formula is C13H20N2O2. The highest BCUT2D eigenvalue weighted by Gasteiger charge is 2.46. The summed E-state index contributed by atoms with van der Waals surface area (Å²) in [5.41, 5.74) is 0. The van der Waals surface area contributed by atoms with E-state index in [1.807, 2.05) is 6.92 Å². The summed E-state index contributed by atoms with van der Waals surface area (Å²) < 4.78 is 0. The lowest BCUT2D eigenvalue weighted by atomic mass is 10.0. The van der Waals surface area contributed by atoms with Crippen molar-refractivity contribution in [3.05, 3.63) is 12.7 Å². The van der Waals surface area contributed by atoms with Crippen molar-refractivity contribution in [2.75, 3.05) is 13.1 Å². The lowest BCUT2D eigenvalue weighted by Gasteiger charge is -2.42. The van der Waals surface area contributed by atoms with E-state index in [0.717, 1.165) is 25.8 Å². The molecule has 0 aromatic rings. The average molecular weight is 236 g/mol. The van der Waals surface area contributed by atoms with Gasteiger partial charge in [-0.3, -0.25) is 9.59 Å². The van der Waals surface area contributed by atoms with Crippen LogP contribution in [0.4, 0.5) is 0 Å². The molecule has 2 aliphatic heterocycles. The molecule has 2 fully saturated rings. The summed E-state index contributed by atoms with van der Waals surface area (Å²) in [4.78, 5) is 28.1. The molecule has 0 saturated carbocycles. The first kappa shape index (κ1) is 12.1. The topological polar surface area (TPSA) is 40.6 Å². The molecule has 2 amide bonds. The van der Waals surface area contributed by atoms with Crippen molar-refractivity contribution in [2.24, 2.45) is 0 Å². The number of carbonyl (C=O) groups is 2. The predicted octanol–water partition coefficient (Wildman–Crippen LogP) is 1.17. The summed E-state index contributed by atoms with van der Waals surface area (Å²) in [6.45, 7) is 7.01. The number of piperazine rings is 1. The van der Waals surface area contributed by atoms with Gasteiger partial charge in [-0.1, -0.05) is 13.0 Å². The molecule has 2 unspecified atom stereocenters. The first-order valence-corrected chi connectivity index (χ1v) is 6.42. The molecule has 0 bridgehead atoms. The Balaban J connectivity index is 2.20. The zero-order valence-electron chi connectivity index (χ0n) is 10.4. The molecule has 2 saturated heterocycles. The number of hydrogen-bond donors (Lipinski definition) is 0. The highest BCUT2D eigenvalue weighted by molar-refractivity contribution is 5.97. The van der Waals surface area contributed by atoms with E-state index in [0.29, 0.717) is 13.0 Å². The second-order valence-electron chi connectivity index (χ2n) is 4.72. The van der Waals surface area contributed by atoms with Gasteiger partial charge in [0, 0.05) is 13.1 Å². The highest BCUT2D eigenvalue weighted by atomic mass is 16.2. The van der Waals surface area contributed by atoms with Crippen molar-refractivity contribution in [3.8, 4) is 0 Å². The molecule has 0 aliphatic carbocycles. The fourth-order valence-corrected chi connectivity index (χ4v) is 2.85. The van der Waals surface area contributed by atoms with Gasteiger partial charge in [-0.25, -0.2) is 0 Å². The minimum atomic E-state index is -0.253. The fraction of sp³-hybridized carbons (Fsp3) is 0.692. The molecule has 2 aliphatic rings. The van der Waals surface area contributed by atoms with Crippen LogP contribution in [-0.2, 0) is 9.59 Å². The Kier molecular flexibility index (Phi) is 3.50. The van der Waals surface area contributed by atoms with E-state index in [4.69, 9.17) is 0 Å². The van der Waals surface area contributed by atoms with Crippen molar-refractivity contribution < 1.29 is 9.59 Å². The Bertz CT molecular complexity index is 340. The molecule has 0 N–H and O–H groups in total.